The summed E-state index contributed by atoms with van der Waals surface area (Å²) >= 11 is 0. The van der Waals surface area contributed by atoms with Gasteiger partial charge in [0.1, 0.15) is 12.9 Å². The third-order valence-electron chi connectivity index (χ3n) is 6.96. The maximum Gasteiger partial charge on any atom is 0.404 e. The van der Waals surface area contributed by atoms with E-state index < -0.39 is 18.3 Å². The Morgan fingerprint density at radius 2 is 1.72 bits per heavy atom. The first-order valence-corrected chi connectivity index (χ1v) is 12.9. The molecule has 0 spiro atoms. The van der Waals surface area contributed by atoms with Crippen molar-refractivity contribution in [1.29, 1.82) is 0 Å². The second-order valence-electron chi connectivity index (χ2n) is 10.1. The Labute approximate surface area is 216 Å². The molecular weight excluding hydrogens is 466 g/mol. The minimum Gasteiger partial charge on any atom is -0.462 e. The van der Waals surface area contributed by atoms with Crippen LogP contribution in [0.1, 0.15) is 60.3 Å². The number of carbonyl (C=O) groups excluding carboxylic acids is 2. The number of aliphatic hydroxyl groups is 2. The molecule has 208 valence electrons. The number of primary amides is 1. The average molecular weight is 514 g/mol. The molecule has 4 N–H and O–H groups in total. The van der Waals surface area contributed by atoms with E-state index in [0.717, 1.165) is 6.42 Å². The van der Waals surface area contributed by atoms with Gasteiger partial charge in [0.05, 0.1) is 30.8 Å². The van der Waals surface area contributed by atoms with E-state index in [9.17, 15) is 19.8 Å². The number of rotatable bonds is 16. The third-order valence-corrected chi connectivity index (χ3v) is 6.96. The van der Waals surface area contributed by atoms with Gasteiger partial charge in [-0.2, -0.15) is 0 Å². The lowest BCUT2D eigenvalue weighted by atomic mass is 9.84. The molecule has 1 aliphatic heterocycles. The van der Waals surface area contributed by atoms with Crippen molar-refractivity contribution in [3.05, 3.63) is 24.3 Å². The van der Waals surface area contributed by atoms with Crippen molar-refractivity contribution in [3.63, 3.8) is 0 Å². The van der Waals surface area contributed by atoms with Crippen molar-refractivity contribution >= 4 is 12.1 Å². The van der Waals surface area contributed by atoms with Gasteiger partial charge in [0.25, 0.3) is 0 Å². The number of aliphatic hydroxyl groups excluding tert-OH is 2. The topological polar surface area (TPSA) is 138 Å². The molecule has 0 aromatic rings. The van der Waals surface area contributed by atoms with Crippen LogP contribution >= 0.6 is 0 Å². The second kappa shape index (κ2) is 16.7. The summed E-state index contributed by atoms with van der Waals surface area (Å²) in [4.78, 5) is 22.9. The van der Waals surface area contributed by atoms with E-state index in [4.69, 9.17) is 24.7 Å². The monoisotopic (exact) mass is 513 g/mol. The molecule has 1 heterocycles. The minimum absolute atomic E-state index is 0.0506. The number of methoxy groups -OCH3 is 1. The van der Waals surface area contributed by atoms with Gasteiger partial charge in [-0.1, -0.05) is 52.0 Å². The maximum atomic E-state index is 12.2. The van der Waals surface area contributed by atoms with Crippen LogP contribution in [-0.2, 0) is 23.7 Å². The molecule has 0 bridgehead atoms. The fourth-order valence-electron chi connectivity index (χ4n) is 4.39. The zero-order chi connectivity index (χ0) is 27.3. The molecule has 9 heteroatoms. The molecule has 9 nitrogen and oxygen atoms in total. The number of nitrogens with two attached hydrogens (primary N) is 1. The molecule has 0 aromatic carbocycles. The van der Waals surface area contributed by atoms with Gasteiger partial charge in [-0.25, -0.2) is 4.79 Å². The first kappa shape index (κ1) is 32.1. The quantitative estimate of drug-likeness (QED) is 0.162. The van der Waals surface area contributed by atoms with Crippen LogP contribution in [0, 0.1) is 29.6 Å². The number of carbonyl (C=O) groups is 2. The van der Waals surface area contributed by atoms with Gasteiger partial charge in [-0.15, -0.1) is 0 Å². The van der Waals surface area contributed by atoms with E-state index in [1.165, 1.54) is 0 Å². The summed E-state index contributed by atoms with van der Waals surface area (Å²) in [6.07, 6.45) is 8.07. The summed E-state index contributed by atoms with van der Waals surface area (Å²) in [5.41, 5.74) is 4.95. The smallest absolute Gasteiger partial charge is 0.404 e. The predicted octanol–water partition coefficient (Wildman–Crippen LogP) is 3.57. The number of esters is 1. The van der Waals surface area contributed by atoms with E-state index >= 15 is 0 Å². The Morgan fingerprint density at radius 1 is 1.11 bits per heavy atom. The molecule has 0 unspecified atom stereocenters. The Hall–Kier alpha value is -1.94. The molecule has 0 aliphatic carbocycles. The Kier molecular flexibility index (Phi) is 14.9. The van der Waals surface area contributed by atoms with E-state index in [1.807, 2.05) is 52.0 Å². The van der Waals surface area contributed by atoms with Crippen LogP contribution in [0.3, 0.4) is 0 Å². The van der Waals surface area contributed by atoms with Crippen molar-refractivity contribution in [2.75, 3.05) is 20.5 Å². The summed E-state index contributed by atoms with van der Waals surface area (Å²) in [5, 5.41) is 20.8. The van der Waals surface area contributed by atoms with E-state index in [2.05, 4.69) is 0 Å². The van der Waals surface area contributed by atoms with Gasteiger partial charge in [-0.05, 0) is 32.6 Å². The van der Waals surface area contributed by atoms with Crippen LogP contribution in [0.2, 0.25) is 0 Å². The Bertz CT molecular complexity index is 712. The maximum absolute atomic E-state index is 12.2. The van der Waals surface area contributed by atoms with Crippen molar-refractivity contribution < 1.29 is 38.7 Å². The van der Waals surface area contributed by atoms with Crippen molar-refractivity contribution in [3.8, 4) is 0 Å². The predicted molar refractivity (Wildman–Crippen MR) is 137 cm³/mol. The molecule has 1 fully saturated rings. The number of amides is 1. The zero-order valence-corrected chi connectivity index (χ0v) is 22.7. The van der Waals surface area contributed by atoms with Gasteiger partial charge < -0.3 is 34.9 Å². The van der Waals surface area contributed by atoms with Gasteiger partial charge >= 0.3 is 12.1 Å². The molecule has 0 saturated carbocycles. The summed E-state index contributed by atoms with van der Waals surface area (Å²) in [7, 11) is 1.56. The molecule has 1 rings (SSSR count). The van der Waals surface area contributed by atoms with Crippen LogP contribution in [0.25, 0.3) is 0 Å². The molecule has 0 radical (unpaired) electrons. The molecule has 1 saturated heterocycles. The first-order valence-electron chi connectivity index (χ1n) is 12.9. The molecule has 1 aliphatic rings. The van der Waals surface area contributed by atoms with Crippen LogP contribution in [0.15, 0.2) is 24.3 Å². The van der Waals surface area contributed by atoms with Gasteiger partial charge in [0.2, 0.25) is 0 Å². The number of hydrogen-bond donors (Lipinski definition) is 3. The van der Waals surface area contributed by atoms with E-state index in [0.29, 0.717) is 19.3 Å². The standard InChI is InChI=1S/C27H47NO8/c1-17(11-7-9-13-22(29)19(3)15-34-27(28)32)24(30)18(2)12-8-10-14-23-20(4)25(35-16-33-6)21(5)26(31)36-23/h7-8,11-12,17-25,29-30H,9-10,13-16H2,1-6H3,(H2,28,32)/b11-7-,12-8-/t17-,18-,19+,20-,21+,22+,23-,24+,25-/m0/s1. The second-order valence-corrected chi connectivity index (χ2v) is 10.1. The molecule has 9 atom stereocenters. The highest BCUT2D eigenvalue weighted by molar-refractivity contribution is 5.73. The summed E-state index contributed by atoms with van der Waals surface area (Å²) in [6, 6.07) is 0. The summed E-state index contributed by atoms with van der Waals surface area (Å²) < 4.78 is 21.1. The number of cyclic esters (lactones) is 1. The van der Waals surface area contributed by atoms with Gasteiger partial charge in [-0.3, -0.25) is 4.79 Å². The SMILES string of the molecule is COCO[C@H]1[C@@H](C)[C@H](CC/C=C\[C@H](C)[C@H](O)[C@@H](C)/C=C\CC[C@@H](O)[C@H](C)COC(N)=O)OC(=O)[C@@H]1C. The average Bonchev–Trinajstić information content (AvgIpc) is 2.84. The molecule has 1 amide bonds. The van der Waals surface area contributed by atoms with Crippen LogP contribution in [-0.4, -0.2) is 67.2 Å². The Morgan fingerprint density at radius 3 is 2.31 bits per heavy atom. The third kappa shape index (κ3) is 11.0. The highest BCUT2D eigenvalue weighted by Crippen LogP contribution is 2.31. The first-order chi connectivity index (χ1) is 17.0. The summed E-state index contributed by atoms with van der Waals surface area (Å²) in [5.74, 6) is -0.817. The normalized spacial score (nSPS) is 26.9. The van der Waals surface area contributed by atoms with Gasteiger partial charge in [0.15, 0.2) is 0 Å². The lowest BCUT2D eigenvalue weighted by molar-refractivity contribution is -0.194. The largest absolute Gasteiger partial charge is 0.462 e. The number of allylic oxidation sites excluding steroid dienone is 2. The molecular formula is C27H47NO8. The zero-order valence-electron chi connectivity index (χ0n) is 22.7. The van der Waals surface area contributed by atoms with Crippen LogP contribution in [0.5, 0.6) is 0 Å². The number of hydrogen-bond acceptors (Lipinski definition) is 8. The lowest BCUT2D eigenvalue weighted by Crippen LogP contribution is -2.48. The van der Waals surface area contributed by atoms with Crippen molar-refractivity contribution in [2.45, 2.75) is 84.7 Å². The van der Waals surface area contributed by atoms with E-state index in [1.54, 1.807) is 14.0 Å². The fourth-order valence-corrected chi connectivity index (χ4v) is 4.39. The van der Waals surface area contributed by atoms with Crippen LogP contribution < -0.4 is 5.73 Å². The van der Waals surface area contributed by atoms with E-state index in [-0.39, 0.29) is 61.2 Å². The number of ether oxygens (including phenoxy) is 4. The fraction of sp³-hybridized carbons (Fsp3) is 0.778. The Balaban J connectivity index is 2.43. The molecule has 0 aromatic heterocycles. The van der Waals surface area contributed by atoms with Crippen LogP contribution in [0.4, 0.5) is 4.79 Å². The lowest BCUT2D eigenvalue weighted by Gasteiger charge is -2.38. The van der Waals surface area contributed by atoms with Gasteiger partial charge in [0, 0.05) is 30.8 Å². The minimum atomic E-state index is -0.845. The molecule has 36 heavy (non-hydrogen) atoms. The summed E-state index contributed by atoms with van der Waals surface area (Å²) in [6.45, 7) is 9.80. The highest BCUT2D eigenvalue weighted by Gasteiger charge is 2.41. The van der Waals surface area contributed by atoms with Crippen molar-refractivity contribution in [1.82, 2.24) is 0 Å². The highest BCUT2D eigenvalue weighted by atomic mass is 16.7. The van der Waals surface area contributed by atoms with Crippen molar-refractivity contribution in [2.24, 2.45) is 35.3 Å².